The molecule has 0 spiro atoms. The van der Waals surface area contributed by atoms with Crippen molar-refractivity contribution in [1.29, 1.82) is 0 Å². The molecule has 0 aromatic heterocycles. The smallest absolute Gasteiger partial charge is 0.407 e. The third-order valence-electron chi connectivity index (χ3n) is 2.30. The van der Waals surface area contributed by atoms with Crippen LogP contribution < -0.4 is 16.0 Å². The van der Waals surface area contributed by atoms with Crippen molar-refractivity contribution in [2.75, 3.05) is 20.1 Å². The first-order valence-electron chi connectivity index (χ1n) is 6.72. The number of alkyl carbamates (subject to hydrolysis) is 1. The molecule has 20 heavy (non-hydrogen) atoms. The van der Waals surface area contributed by atoms with Crippen molar-refractivity contribution in [3.63, 3.8) is 0 Å². The molecule has 1 atom stereocenters. The number of hydrogen-bond acceptors (Lipinski definition) is 3. The summed E-state index contributed by atoms with van der Waals surface area (Å²) in [7, 11) is 1.72. The molecule has 0 saturated carbocycles. The Morgan fingerprint density at radius 3 is 2.25 bits per heavy atom. The second kappa shape index (κ2) is 11.0. The third kappa shape index (κ3) is 12.3. The van der Waals surface area contributed by atoms with Gasteiger partial charge in [0.1, 0.15) is 5.60 Å². The van der Waals surface area contributed by atoms with Crippen molar-refractivity contribution < 1.29 is 9.53 Å². The van der Waals surface area contributed by atoms with E-state index in [1.807, 2.05) is 20.8 Å². The lowest BCUT2D eigenvalue weighted by Crippen LogP contribution is -2.45. The van der Waals surface area contributed by atoms with Crippen molar-refractivity contribution in [3.8, 4) is 0 Å². The molecule has 0 saturated heterocycles. The molecule has 0 aliphatic heterocycles. The molecule has 7 heteroatoms. The molecule has 1 unspecified atom stereocenters. The average Bonchev–Trinajstić information content (AvgIpc) is 2.30. The first-order chi connectivity index (χ1) is 8.78. The highest BCUT2D eigenvalue weighted by Gasteiger charge is 2.15. The van der Waals surface area contributed by atoms with E-state index in [1.165, 1.54) is 0 Å². The predicted octanol–water partition coefficient (Wildman–Crippen LogP) is 2.09. The van der Waals surface area contributed by atoms with Crippen LogP contribution in [0.4, 0.5) is 4.79 Å². The number of rotatable bonds is 5. The van der Waals surface area contributed by atoms with Crippen LogP contribution in [0, 0.1) is 0 Å². The quantitative estimate of drug-likeness (QED) is 0.286. The molecule has 0 bridgehead atoms. The lowest BCUT2D eigenvalue weighted by Gasteiger charge is -2.20. The summed E-state index contributed by atoms with van der Waals surface area (Å²) in [6.07, 6.45) is 0.621. The number of ether oxygens (including phenoxy) is 1. The summed E-state index contributed by atoms with van der Waals surface area (Å²) in [5, 5.41) is 9.04. The zero-order chi connectivity index (χ0) is 14.9. The zero-order valence-electron chi connectivity index (χ0n) is 13.4. The third-order valence-corrected chi connectivity index (χ3v) is 2.30. The molecule has 0 rings (SSSR count). The van der Waals surface area contributed by atoms with Crippen LogP contribution in [0.15, 0.2) is 4.99 Å². The highest BCUT2D eigenvalue weighted by molar-refractivity contribution is 14.0. The summed E-state index contributed by atoms with van der Waals surface area (Å²) in [5.74, 6) is 0.736. The van der Waals surface area contributed by atoms with Gasteiger partial charge in [0, 0.05) is 26.2 Å². The Morgan fingerprint density at radius 2 is 1.80 bits per heavy atom. The van der Waals surface area contributed by atoms with Crippen LogP contribution in [0.2, 0.25) is 0 Å². The first kappa shape index (κ1) is 21.6. The summed E-state index contributed by atoms with van der Waals surface area (Å²) in [5.41, 5.74) is -0.467. The van der Waals surface area contributed by atoms with Gasteiger partial charge in [0.15, 0.2) is 5.96 Å². The molecule has 0 fully saturated rings. The van der Waals surface area contributed by atoms with Gasteiger partial charge >= 0.3 is 6.09 Å². The molecule has 3 N–H and O–H groups in total. The molecular weight excluding hydrogens is 371 g/mol. The van der Waals surface area contributed by atoms with Crippen molar-refractivity contribution in [1.82, 2.24) is 16.0 Å². The van der Waals surface area contributed by atoms with E-state index in [0.29, 0.717) is 19.1 Å². The Balaban J connectivity index is 0. The number of aliphatic imine (C=N–C) groups is 1. The fourth-order valence-corrected chi connectivity index (χ4v) is 1.19. The Labute approximate surface area is 139 Å². The molecular formula is C13H29IN4O2. The number of guanidine groups is 1. The summed E-state index contributed by atoms with van der Waals surface area (Å²) in [6.45, 7) is 10.8. The van der Waals surface area contributed by atoms with Gasteiger partial charge in [-0.2, -0.15) is 0 Å². The van der Waals surface area contributed by atoms with Crippen LogP contribution in [-0.2, 0) is 4.74 Å². The topological polar surface area (TPSA) is 74.8 Å². The van der Waals surface area contributed by atoms with E-state index in [-0.39, 0.29) is 24.0 Å². The molecule has 0 aromatic carbocycles. The predicted molar refractivity (Wildman–Crippen MR) is 93.9 cm³/mol. The first-order valence-corrected chi connectivity index (χ1v) is 6.72. The maximum absolute atomic E-state index is 11.4. The second-order valence-corrected chi connectivity index (χ2v) is 5.38. The molecule has 1 amide bonds. The molecule has 0 aromatic rings. The minimum Gasteiger partial charge on any atom is -0.444 e. The lowest BCUT2D eigenvalue weighted by atomic mass is 10.2. The van der Waals surface area contributed by atoms with Gasteiger partial charge in [0.05, 0.1) is 0 Å². The fourth-order valence-electron chi connectivity index (χ4n) is 1.19. The second-order valence-electron chi connectivity index (χ2n) is 5.38. The largest absolute Gasteiger partial charge is 0.444 e. The lowest BCUT2D eigenvalue weighted by molar-refractivity contribution is 0.0529. The van der Waals surface area contributed by atoms with Gasteiger partial charge in [0.2, 0.25) is 0 Å². The van der Waals surface area contributed by atoms with Crippen LogP contribution in [0.25, 0.3) is 0 Å². The molecule has 6 nitrogen and oxygen atoms in total. The van der Waals surface area contributed by atoms with E-state index in [4.69, 9.17) is 4.74 Å². The van der Waals surface area contributed by atoms with E-state index in [9.17, 15) is 4.79 Å². The van der Waals surface area contributed by atoms with Gasteiger partial charge in [-0.05, 0) is 34.1 Å². The van der Waals surface area contributed by atoms with E-state index in [2.05, 4.69) is 34.8 Å². The monoisotopic (exact) mass is 400 g/mol. The van der Waals surface area contributed by atoms with E-state index < -0.39 is 11.7 Å². The maximum atomic E-state index is 11.4. The summed E-state index contributed by atoms with van der Waals surface area (Å²) >= 11 is 0. The normalized spacial score (nSPS) is 13.0. The van der Waals surface area contributed by atoms with E-state index in [0.717, 1.165) is 12.4 Å². The molecule has 0 aliphatic rings. The van der Waals surface area contributed by atoms with Crippen LogP contribution >= 0.6 is 24.0 Å². The summed E-state index contributed by atoms with van der Waals surface area (Å²) < 4.78 is 5.13. The molecule has 0 aliphatic carbocycles. The van der Waals surface area contributed by atoms with Gasteiger partial charge < -0.3 is 20.7 Å². The maximum Gasteiger partial charge on any atom is 0.407 e. The number of hydrogen-bond donors (Lipinski definition) is 3. The highest BCUT2D eigenvalue weighted by Crippen LogP contribution is 2.05. The SMILES string of the molecule is CCC(C)NC(=NC)NCCNC(=O)OC(C)(C)C.I. The minimum atomic E-state index is -0.467. The Bertz CT molecular complexity index is 303. The molecule has 120 valence electrons. The van der Waals surface area contributed by atoms with E-state index >= 15 is 0 Å². The van der Waals surface area contributed by atoms with Crippen molar-refractivity contribution >= 4 is 36.0 Å². The number of carbonyl (C=O) groups is 1. The minimum absolute atomic E-state index is 0. The summed E-state index contributed by atoms with van der Waals surface area (Å²) in [6, 6.07) is 0.366. The van der Waals surface area contributed by atoms with Crippen molar-refractivity contribution in [2.45, 2.75) is 52.7 Å². The number of nitrogens with one attached hydrogen (secondary N) is 3. The van der Waals surface area contributed by atoms with Gasteiger partial charge in [-0.3, -0.25) is 4.99 Å². The van der Waals surface area contributed by atoms with Gasteiger partial charge in [0.25, 0.3) is 0 Å². The number of amides is 1. The van der Waals surface area contributed by atoms with Gasteiger partial charge in [-0.1, -0.05) is 6.92 Å². The van der Waals surface area contributed by atoms with Crippen LogP contribution in [0.3, 0.4) is 0 Å². The zero-order valence-corrected chi connectivity index (χ0v) is 15.7. The van der Waals surface area contributed by atoms with Crippen molar-refractivity contribution in [3.05, 3.63) is 0 Å². The van der Waals surface area contributed by atoms with E-state index in [1.54, 1.807) is 7.05 Å². The van der Waals surface area contributed by atoms with Gasteiger partial charge in [-0.15, -0.1) is 24.0 Å². The average molecular weight is 400 g/mol. The highest BCUT2D eigenvalue weighted by atomic mass is 127. The number of carbonyl (C=O) groups excluding carboxylic acids is 1. The van der Waals surface area contributed by atoms with Crippen LogP contribution in [0.1, 0.15) is 41.0 Å². The van der Waals surface area contributed by atoms with Crippen LogP contribution in [-0.4, -0.2) is 43.8 Å². The Kier molecular flexibility index (Phi) is 11.8. The number of halogens is 1. The number of nitrogens with zero attached hydrogens (tertiary/aromatic N) is 1. The summed E-state index contributed by atoms with van der Waals surface area (Å²) in [4.78, 5) is 15.5. The Morgan fingerprint density at radius 1 is 1.25 bits per heavy atom. The Hall–Kier alpha value is -0.730. The van der Waals surface area contributed by atoms with Crippen molar-refractivity contribution in [2.24, 2.45) is 4.99 Å². The standard InChI is InChI=1S/C13H28N4O2.HI/c1-7-10(2)17-11(14-6)15-8-9-16-12(18)19-13(3,4)5;/h10H,7-9H2,1-6H3,(H,16,18)(H2,14,15,17);1H. The molecule has 0 radical (unpaired) electrons. The van der Waals surface area contributed by atoms with Gasteiger partial charge in [-0.25, -0.2) is 4.79 Å². The van der Waals surface area contributed by atoms with Crippen LogP contribution in [0.5, 0.6) is 0 Å². The fraction of sp³-hybridized carbons (Fsp3) is 0.846. The molecule has 0 heterocycles.